The molecule has 0 aliphatic rings. The van der Waals surface area contributed by atoms with Crippen LogP contribution in [0, 0.1) is 0 Å². The van der Waals surface area contributed by atoms with Crippen molar-refractivity contribution in [3.8, 4) is 0 Å². The Morgan fingerprint density at radius 3 is 2.52 bits per heavy atom. The summed E-state index contributed by atoms with van der Waals surface area (Å²) in [7, 11) is 3.20. The lowest BCUT2D eigenvalue weighted by molar-refractivity contribution is -0.122. The highest BCUT2D eigenvalue weighted by Crippen LogP contribution is 2.19. The van der Waals surface area contributed by atoms with E-state index in [1.54, 1.807) is 11.6 Å². The van der Waals surface area contributed by atoms with E-state index < -0.39 is 17.2 Å². The van der Waals surface area contributed by atoms with E-state index in [1.165, 1.54) is 17.9 Å². The van der Waals surface area contributed by atoms with Crippen molar-refractivity contribution in [2.24, 2.45) is 14.1 Å². The zero-order valence-corrected chi connectivity index (χ0v) is 16.9. The zero-order valence-electron chi connectivity index (χ0n) is 15.3. The normalized spacial score (nSPS) is 12.3. The third kappa shape index (κ3) is 3.59. The van der Waals surface area contributed by atoms with Crippen molar-refractivity contribution in [1.29, 1.82) is 0 Å². The second kappa shape index (κ2) is 7.51. The van der Waals surface area contributed by atoms with E-state index >= 15 is 0 Å². The minimum absolute atomic E-state index is 0.203. The van der Waals surface area contributed by atoms with Crippen LogP contribution in [0.4, 0.5) is 0 Å². The molecule has 0 aliphatic carbocycles. The Bertz CT molecular complexity index is 1110. The molecule has 0 saturated carbocycles. The molecular weight excluding hydrogens is 414 g/mol. The Kier molecular flexibility index (Phi) is 5.31. The van der Waals surface area contributed by atoms with Gasteiger partial charge in [-0.2, -0.15) is 0 Å². The van der Waals surface area contributed by atoms with Gasteiger partial charge in [0.05, 0.1) is 12.4 Å². The molecule has 0 aliphatic heterocycles. The van der Waals surface area contributed by atoms with Gasteiger partial charge in [-0.1, -0.05) is 35.0 Å². The van der Waals surface area contributed by atoms with E-state index in [-0.39, 0.29) is 18.1 Å². The second-order valence-corrected chi connectivity index (χ2v) is 7.26. The molecule has 0 bridgehead atoms. The Morgan fingerprint density at radius 1 is 1.22 bits per heavy atom. The number of nitrogens with zero attached hydrogens (tertiary/aromatic N) is 4. The van der Waals surface area contributed by atoms with Crippen LogP contribution < -0.4 is 16.6 Å². The predicted octanol–water partition coefficient (Wildman–Crippen LogP) is 1.46. The molecule has 1 aromatic carbocycles. The molecule has 27 heavy (non-hydrogen) atoms. The number of carbonyl (C=O) groups is 1. The van der Waals surface area contributed by atoms with Gasteiger partial charge in [0.15, 0.2) is 11.2 Å². The molecular formula is C18H20BrN5O3. The van der Waals surface area contributed by atoms with Gasteiger partial charge < -0.3 is 9.88 Å². The van der Waals surface area contributed by atoms with E-state index in [0.29, 0.717) is 12.1 Å². The number of imidazole rings is 1. The summed E-state index contributed by atoms with van der Waals surface area (Å²) in [5.41, 5.74) is 0.435. The number of hydrogen-bond donors (Lipinski definition) is 1. The van der Waals surface area contributed by atoms with Crippen LogP contribution in [-0.4, -0.2) is 24.6 Å². The van der Waals surface area contributed by atoms with Crippen LogP contribution in [0.3, 0.4) is 0 Å². The largest absolute Gasteiger partial charge is 0.348 e. The molecule has 0 saturated heterocycles. The molecule has 0 fully saturated rings. The van der Waals surface area contributed by atoms with Gasteiger partial charge in [-0.25, -0.2) is 14.3 Å². The highest BCUT2D eigenvalue weighted by molar-refractivity contribution is 9.10. The first-order chi connectivity index (χ1) is 12.8. The van der Waals surface area contributed by atoms with E-state index in [2.05, 4.69) is 26.2 Å². The van der Waals surface area contributed by atoms with Gasteiger partial charge in [0.2, 0.25) is 5.91 Å². The number of fused-ring (bicyclic) bond motifs is 1. The number of benzene rings is 1. The summed E-state index contributed by atoms with van der Waals surface area (Å²) in [5.74, 6) is -0.398. The van der Waals surface area contributed by atoms with Crippen molar-refractivity contribution in [3.05, 3.63) is 61.5 Å². The zero-order chi connectivity index (χ0) is 19.7. The number of nitrogens with one attached hydrogen (secondary N) is 1. The predicted molar refractivity (Wildman–Crippen MR) is 106 cm³/mol. The van der Waals surface area contributed by atoms with Crippen LogP contribution in [0.25, 0.3) is 11.2 Å². The van der Waals surface area contributed by atoms with Crippen LogP contribution in [0.15, 0.2) is 44.7 Å². The van der Waals surface area contributed by atoms with Crippen molar-refractivity contribution in [1.82, 2.24) is 24.0 Å². The molecule has 8 nitrogen and oxygen atoms in total. The maximum Gasteiger partial charge on any atom is 0.332 e. The van der Waals surface area contributed by atoms with Crippen LogP contribution in [0.5, 0.6) is 0 Å². The van der Waals surface area contributed by atoms with Gasteiger partial charge in [-0.05, 0) is 24.1 Å². The first-order valence-corrected chi connectivity index (χ1v) is 9.28. The summed E-state index contributed by atoms with van der Waals surface area (Å²) in [4.78, 5) is 41.8. The third-order valence-corrected chi connectivity index (χ3v) is 5.05. The number of aromatic nitrogens is 4. The third-order valence-electron chi connectivity index (χ3n) is 4.52. The van der Waals surface area contributed by atoms with Gasteiger partial charge in [0.25, 0.3) is 5.56 Å². The number of amides is 1. The molecule has 1 amide bonds. The number of aryl methyl sites for hydroxylation is 2. The lowest BCUT2D eigenvalue weighted by Crippen LogP contribution is -2.44. The van der Waals surface area contributed by atoms with E-state index in [4.69, 9.17) is 0 Å². The quantitative estimate of drug-likeness (QED) is 0.659. The molecule has 0 unspecified atom stereocenters. The van der Waals surface area contributed by atoms with Crippen molar-refractivity contribution in [3.63, 3.8) is 0 Å². The van der Waals surface area contributed by atoms with Crippen LogP contribution in [0.2, 0.25) is 0 Å². The van der Waals surface area contributed by atoms with Gasteiger partial charge >= 0.3 is 5.69 Å². The van der Waals surface area contributed by atoms with E-state index in [0.717, 1.165) is 14.6 Å². The summed E-state index contributed by atoms with van der Waals surface area (Å²) >= 11 is 3.39. The van der Waals surface area contributed by atoms with E-state index in [9.17, 15) is 14.4 Å². The Balaban J connectivity index is 1.89. The monoisotopic (exact) mass is 433 g/mol. The minimum atomic E-state index is -0.571. The highest BCUT2D eigenvalue weighted by Gasteiger charge is 2.19. The average Bonchev–Trinajstić information content (AvgIpc) is 3.04. The molecule has 2 heterocycles. The Hall–Kier alpha value is -2.68. The SMILES string of the molecule is CC[C@@H](NC(=O)Cn1c(=O)c2c(ncn2C)n(C)c1=O)c1ccc(Br)cc1. The van der Waals surface area contributed by atoms with Crippen LogP contribution in [-0.2, 0) is 25.4 Å². The minimum Gasteiger partial charge on any atom is -0.348 e. The molecule has 0 radical (unpaired) electrons. The Morgan fingerprint density at radius 2 is 1.89 bits per heavy atom. The molecule has 3 rings (SSSR count). The van der Waals surface area contributed by atoms with E-state index in [1.807, 2.05) is 31.2 Å². The first kappa shape index (κ1) is 19.1. The fourth-order valence-corrected chi connectivity index (χ4v) is 3.30. The summed E-state index contributed by atoms with van der Waals surface area (Å²) in [5, 5.41) is 2.90. The highest BCUT2D eigenvalue weighted by atomic mass is 79.9. The van der Waals surface area contributed by atoms with Gasteiger partial charge in [-0.3, -0.25) is 14.2 Å². The second-order valence-electron chi connectivity index (χ2n) is 6.34. The fraction of sp³-hybridized carbons (Fsp3) is 0.333. The molecule has 3 aromatic rings. The van der Waals surface area contributed by atoms with Crippen molar-refractivity contribution < 1.29 is 4.79 Å². The molecule has 142 valence electrons. The maximum absolute atomic E-state index is 12.7. The Labute approximate surface area is 163 Å². The molecule has 2 aromatic heterocycles. The smallest absolute Gasteiger partial charge is 0.332 e. The lowest BCUT2D eigenvalue weighted by Gasteiger charge is -2.18. The van der Waals surface area contributed by atoms with Crippen molar-refractivity contribution in [2.45, 2.75) is 25.9 Å². The van der Waals surface area contributed by atoms with Crippen molar-refractivity contribution >= 4 is 33.0 Å². The standard InChI is InChI=1S/C18H20BrN5O3/c1-4-13(11-5-7-12(19)8-6-11)21-14(25)9-24-17(26)15-16(20-10-22(15)2)23(3)18(24)27/h5-8,10,13H,4,9H2,1-3H3,(H,21,25)/t13-/m1/s1. The topological polar surface area (TPSA) is 90.9 Å². The summed E-state index contributed by atoms with van der Waals surface area (Å²) in [6, 6.07) is 7.45. The van der Waals surface area contributed by atoms with Gasteiger partial charge in [0, 0.05) is 18.6 Å². The number of halogens is 1. The summed E-state index contributed by atoms with van der Waals surface area (Å²) < 4.78 is 4.71. The maximum atomic E-state index is 12.7. The van der Waals surface area contributed by atoms with Gasteiger partial charge in [-0.15, -0.1) is 0 Å². The first-order valence-electron chi connectivity index (χ1n) is 8.49. The number of carbonyl (C=O) groups excluding carboxylic acids is 1. The lowest BCUT2D eigenvalue weighted by atomic mass is 10.0. The number of hydrogen-bond acceptors (Lipinski definition) is 4. The molecule has 1 N–H and O–H groups in total. The molecule has 1 atom stereocenters. The van der Waals surface area contributed by atoms with Crippen molar-refractivity contribution in [2.75, 3.05) is 0 Å². The number of rotatable bonds is 5. The van der Waals surface area contributed by atoms with Gasteiger partial charge in [0.1, 0.15) is 6.54 Å². The summed E-state index contributed by atoms with van der Waals surface area (Å²) in [6.07, 6.45) is 2.15. The molecule has 0 spiro atoms. The van der Waals surface area contributed by atoms with Crippen LogP contribution >= 0.6 is 15.9 Å². The fourth-order valence-electron chi connectivity index (χ4n) is 3.04. The van der Waals surface area contributed by atoms with Crippen LogP contribution in [0.1, 0.15) is 24.9 Å². The average molecular weight is 434 g/mol. The summed E-state index contributed by atoms with van der Waals surface area (Å²) in [6.45, 7) is 1.61. The molecule has 9 heteroatoms.